The third kappa shape index (κ3) is 4.28. The van der Waals surface area contributed by atoms with Gasteiger partial charge >= 0.3 is 0 Å². The number of hydrogen-bond donors (Lipinski definition) is 1. The van der Waals surface area contributed by atoms with Crippen LogP contribution in [0, 0.1) is 5.82 Å². The van der Waals surface area contributed by atoms with E-state index >= 15 is 0 Å². The van der Waals surface area contributed by atoms with Crippen LogP contribution < -0.4 is 5.32 Å². The van der Waals surface area contributed by atoms with E-state index in [-0.39, 0.29) is 12.0 Å². The zero-order chi connectivity index (χ0) is 13.7. The van der Waals surface area contributed by atoms with Gasteiger partial charge in [0.1, 0.15) is 5.82 Å². The first kappa shape index (κ1) is 14.5. The smallest absolute Gasteiger partial charge is 0.252 e. The summed E-state index contributed by atoms with van der Waals surface area (Å²) in [7, 11) is 0. The van der Waals surface area contributed by atoms with Crippen molar-refractivity contribution < 1.29 is 13.9 Å². The molecule has 3 nitrogen and oxygen atoms in total. The van der Waals surface area contributed by atoms with Crippen molar-refractivity contribution in [3.63, 3.8) is 0 Å². The molecule has 0 bridgehead atoms. The first-order chi connectivity index (χ1) is 9.16. The molecule has 0 spiro atoms. The molecule has 1 aromatic carbocycles. The van der Waals surface area contributed by atoms with Crippen LogP contribution in [-0.2, 0) is 4.74 Å². The van der Waals surface area contributed by atoms with Crippen molar-refractivity contribution in [2.24, 2.45) is 0 Å². The molecule has 1 fully saturated rings. The Morgan fingerprint density at radius 3 is 3.05 bits per heavy atom. The summed E-state index contributed by atoms with van der Waals surface area (Å²) in [5, 5.41) is 2.80. The SMILES string of the molecule is O=C(NCCC1CCCCO1)c1cc(F)ccc1Br. The average molecular weight is 330 g/mol. The van der Waals surface area contributed by atoms with Crippen LogP contribution in [-0.4, -0.2) is 25.2 Å². The van der Waals surface area contributed by atoms with Crippen LogP contribution in [0.4, 0.5) is 4.39 Å². The highest BCUT2D eigenvalue weighted by Crippen LogP contribution is 2.18. The van der Waals surface area contributed by atoms with Crippen molar-refractivity contribution in [1.29, 1.82) is 0 Å². The Hall–Kier alpha value is -0.940. The molecule has 19 heavy (non-hydrogen) atoms. The zero-order valence-electron chi connectivity index (χ0n) is 10.6. The lowest BCUT2D eigenvalue weighted by molar-refractivity contribution is 0.0117. The normalized spacial score (nSPS) is 19.2. The Labute approximate surface area is 120 Å². The van der Waals surface area contributed by atoms with E-state index in [2.05, 4.69) is 21.2 Å². The molecule has 1 atom stereocenters. The third-order valence-corrected chi connectivity index (χ3v) is 3.89. The lowest BCUT2D eigenvalue weighted by atomic mass is 10.1. The number of carbonyl (C=O) groups excluding carboxylic acids is 1. The van der Waals surface area contributed by atoms with Crippen molar-refractivity contribution in [3.05, 3.63) is 34.1 Å². The second-order valence-electron chi connectivity index (χ2n) is 4.66. The molecule has 0 saturated carbocycles. The Kier molecular flexibility index (Phi) is 5.34. The Morgan fingerprint density at radius 2 is 2.32 bits per heavy atom. The standard InChI is InChI=1S/C14H17BrFNO2/c15-13-5-4-10(16)9-12(13)14(18)17-7-6-11-3-1-2-8-19-11/h4-5,9,11H,1-3,6-8H2,(H,17,18). The number of benzene rings is 1. The first-order valence-electron chi connectivity index (χ1n) is 6.51. The van der Waals surface area contributed by atoms with Crippen molar-refractivity contribution in [3.8, 4) is 0 Å². The highest BCUT2D eigenvalue weighted by Gasteiger charge is 2.15. The van der Waals surface area contributed by atoms with Crippen LogP contribution in [0.2, 0.25) is 0 Å². The summed E-state index contributed by atoms with van der Waals surface area (Å²) in [6.07, 6.45) is 4.41. The molecule has 1 heterocycles. The van der Waals surface area contributed by atoms with E-state index in [4.69, 9.17) is 4.74 Å². The fourth-order valence-electron chi connectivity index (χ4n) is 2.15. The fraction of sp³-hybridized carbons (Fsp3) is 0.500. The predicted molar refractivity (Wildman–Crippen MR) is 74.6 cm³/mol. The molecule has 2 rings (SSSR count). The molecular formula is C14H17BrFNO2. The molecule has 1 N–H and O–H groups in total. The van der Waals surface area contributed by atoms with Gasteiger partial charge in [0, 0.05) is 17.6 Å². The summed E-state index contributed by atoms with van der Waals surface area (Å²) in [6, 6.07) is 4.09. The summed E-state index contributed by atoms with van der Waals surface area (Å²) in [4.78, 5) is 11.9. The van der Waals surface area contributed by atoms with Crippen LogP contribution in [0.3, 0.4) is 0 Å². The van der Waals surface area contributed by atoms with Gasteiger partial charge in [-0.1, -0.05) is 0 Å². The maximum absolute atomic E-state index is 13.1. The Morgan fingerprint density at radius 1 is 1.47 bits per heavy atom. The molecule has 5 heteroatoms. The summed E-state index contributed by atoms with van der Waals surface area (Å²) >= 11 is 3.25. The van der Waals surface area contributed by atoms with Gasteiger partial charge in [0.2, 0.25) is 0 Å². The van der Waals surface area contributed by atoms with Gasteiger partial charge in [-0.3, -0.25) is 4.79 Å². The second kappa shape index (κ2) is 7.01. The monoisotopic (exact) mass is 329 g/mol. The van der Waals surface area contributed by atoms with E-state index in [0.717, 1.165) is 25.9 Å². The Bertz CT molecular complexity index is 447. The van der Waals surface area contributed by atoms with Crippen LogP contribution in [0.25, 0.3) is 0 Å². The maximum atomic E-state index is 13.1. The largest absolute Gasteiger partial charge is 0.378 e. The molecular weight excluding hydrogens is 313 g/mol. The number of halogens is 2. The van der Waals surface area contributed by atoms with Crippen LogP contribution in [0.15, 0.2) is 22.7 Å². The summed E-state index contributed by atoms with van der Waals surface area (Å²) in [5.41, 5.74) is 0.324. The minimum absolute atomic E-state index is 0.241. The van der Waals surface area contributed by atoms with Gasteiger partial charge in [0.25, 0.3) is 5.91 Å². The quantitative estimate of drug-likeness (QED) is 0.920. The Balaban J connectivity index is 1.82. The molecule has 104 valence electrons. The van der Waals surface area contributed by atoms with Crippen molar-refractivity contribution >= 4 is 21.8 Å². The minimum Gasteiger partial charge on any atom is -0.378 e. The number of ether oxygens (including phenoxy) is 1. The van der Waals surface area contributed by atoms with Gasteiger partial charge < -0.3 is 10.1 Å². The van der Waals surface area contributed by atoms with Gasteiger partial charge in [-0.15, -0.1) is 0 Å². The van der Waals surface area contributed by atoms with Crippen LogP contribution in [0.1, 0.15) is 36.0 Å². The molecule has 0 aliphatic carbocycles. The molecule has 1 saturated heterocycles. The fourth-order valence-corrected chi connectivity index (χ4v) is 2.58. The first-order valence-corrected chi connectivity index (χ1v) is 7.31. The summed E-state index contributed by atoms with van der Waals surface area (Å²) in [6.45, 7) is 1.36. The van der Waals surface area contributed by atoms with Crippen molar-refractivity contribution in [1.82, 2.24) is 5.32 Å². The van der Waals surface area contributed by atoms with Gasteiger partial charge in [-0.2, -0.15) is 0 Å². The molecule has 1 aliphatic heterocycles. The highest BCUT2D eigenvalue weighted by atomic mass is 79.9. The van der Waals surface area contributed by atoms with E-state index < -0.39 is 5.82 Å². The molecule has 1 aromatic rings. The van der Waals surface area contributed by atoms with Gasteiger partial charge in [-0.05, 0) is 59.8 Å². The van der Waals surface area contributed by atoms with E-state index in [9.17, 15) is 9.18 Å². The van der Waals surface area contributed by atoms with Crippen molar-refractivity contribution in [2.75, 3.05) is 13.2 Å². The zero-order valence-corrected chi connectivity index (χ0v) is 12.2. The maximum Gasteiger partial charge on any atom is 0.252 e. The number of amides is 1. The number of carbonyl (C=O) groups is 1. The van der Waals surface area contributed by atoms with Crippen LogP contribution in [0.5, 0.6) is 0 Å². The number of rotatable bonds is 4. The van der Waals surface area contributed by atoms with E-state index in [1.165, 1.54) is 24.6 Å². The molecule has 1 aliphatic rings. The average Bonchev–Trinajstić information content (AvgIpc) is 2.42. The molecule has 0 radical (unpaired) electrons. The highest BCUT2D eigenvalue weighted by molar-refractivity contribution is 9.10. The molecule has 1 unspecified atom stereocenters. The van der Waals surface area contributed by atoms with E-state index in [1.807, 2.05) is 0 Å². The van der Waals surface area contributed by atoms with Crippen LogP contribution >= 0.6 is 15.9 Å². The van der Waals surface area contributed by atoms with Gasteiger partial charge in [0.05, 0.1) is 11.7 Å². The summed E-state index contributed by atoms with van der Waals surface area (Å²) < 4.78 is 19.3. The minimum atomic E-state index is -0.413. The molecule has 0 aromatic heterocycles. The van der Waals surface area contributed by atoms with Gasteiger partial charge in [0.15, 0.2) is 0 Å². The van der Waals surface area contributed by atoms with Crippen molar-refractivity contribution in [2.45, 2.75) is 31.8 Å². The second-order valence-corrected chi connectivity index (χ2v) is 5.51. The predicted octanol–water partition coefficient (Wildman–Crippen LogP) is 3.28. The topological polar surface area (TPSA) is 38.3 Å². The lowest BCUT2D eigenvalue weighted by Gasteiger charge is -2.22. The lowest BCUT2D eigenvalue weighted by Crippen LogP contribution is -2.29. The molecule has 1 amide bonds. The third-order valence-electron chi connectivity index (χ3n) is 3.20. The number of hydrogen-bond acceptors (Lipinski definition) is 2. The number of nitrogens with one attached hydrogen (secondary N) is 1. The van der Waals surface area contributed by atoms with Gasteiger partial charge in [-0.25, -0.2) is 4.39 Å². The van der Waals surface area contributed by atoms with E-state index in [1.54, 1.807) is 0 Å². The summed E-state index contributed by atoms with van der Waals surface area (Å²) in [5.74, 6) is -0.675. The van der Waals surface area contributed by atoms with E-state index in [0.29, 0.717) is 16.6 Å².